The number of allylic oxidation sites excluding steroid dienone is 1. The standard InChI is InChI=1S/C25H31NO/c1-25(2,3)17-9-6-10-18-26(4)21-23-14-11-15-24(20-23)27-19-16-22-12-7-5-8-13-22/h5-8,10-15,20H,16,18-19,21H2,1-4H3/b10-6-. The minimum atomic E-state index is 0.0528. The largest absolute Gasteiger partial charge is 0.493 e. The Balaban J connectivity index is 1.78. The van der Waals surface area contributed by atoms with E-state index in [0.717, 1.165) is 25.3 Å². The van der Waals surface area contributed by atoms with E-state index in [4.69, 9.17) is 4.74 Å². The molecule has 0 fully saturated rings. The third-order valence-electron chi connectivity index (χ3n) is 3.92. The Labute approximate surface area is 164 Å². The van der Waals surface area contributed by atoms with Gasteiger partial charge >= 0.3 is 0 Å². The van der Waals surface area contributed by atoms with Crippen molar-refractivity contribution >= 4 is 0 Å². The van der Waals surface area contributed by atoms with Crippen molar-refractivity contribution in [1.82, 2.24) is 4.90 Å². The zero-order valence-electron chi connectivity index (χ0n) is 17.0. The van der Waals surface area contributed by atoms with Crippen molar-refractivity contribution in [3.05, 3.63) is 77.9 Å². The summed E-state index contributed by atoms with van der Waals surface area (Å²) in [6.07, 6.45) is 4.98. The smallest absolute Gasteiger partial charge is 0.119 e. The first kappa shape index (κ1) is 20.8. The van der Waals surface area contributed by atoms with Gasteiger partial charge in [-0.2, -0.15) is 0 Å². The number of benzene rings is 2. The molecule has 0 heterocycles. The van der Waals surface area contributed by atoms with E-state index in [1.165, 1.54) is 11.1 Å². The van der Waals surface area contributed by atoms with Crippen LogP contribution in [0.2, 0.25) is 0 Å². The molecule has 2 rings (SSSR count). The molecular formula is C25H31NO. The molecule has 0 amide bonds. The van der Waals surface area contributed by atoms with Gasteiger partial charge in [0.15, 0.2) is 0 Å². The number of likely N-dealkylation sites (N-methyl/N-ethyl adjacent to an activating group) is 1. The summed E-state index contributed by atoms with van der Waals surface area (Å²) in [4.78, 5) is 2.26. The Morgan fingerprint density at radius 2 is 1.74 bits per heavy atom. The van der Waals surface area contributed by atoms with Crippen LogP contribution >= 0.6 is 0 Å². The summed E-state index contributed by atoms with van der Waals surface area (Å²) in [5.41, 5.74) is 2.61. The molecule has 2 heteroatoms. The molecule has 0 unspecified atom stereocenters. The Morgan fingerprint density at radius 1 is 1.00 bits per heavy atom. The van der Waals surface area contributed by atoms with E-state index in [0.29, 0.717) is 6.61 Å². The first-order chi connectivity index (χ1) is 12.9. The monoisotopic (exact) mass is 361 g/mol. The maximum absolute atomic E-state index is 5.93. The van der Waals surface area contributed by atoms with Crippen LogP contribution in [-0.2, 0) is 13.0 Å². The molecule has 2 nitrogen and oxygen atoms in total. The highest BCUT2D eigenvalue weighted by molar-refractivity contribution is 5.28. The van der Waals surface area contributed by atoms with Gasteiger partial charge in [0.25, 0.3) is 0 Å². The molecule has 0 saturated carbocycles. The van der Waals surface area contributed by atoms with Crippen LogP contribution in [0.4, 0.5) is 0 Å². The summed E-state index contributed by atoms with van der Waals surface area (Å²) in [7, 11) is 2.12. The molecule has 0 atom stereocenters. The van der Waals surface area contributed by atoms with E-state index in [-0.39, 0.29) is 5.41 Å². The van der Waals surface area contributed by atoms with Crippen molar-refractivity contribution in [3.8, 4) is 17.6 Å². The van der Waals surface area contributed by atoms with E-state index >= 15 is 0 Å². The normalized spacial score (nSPS) is 11.4. The lowest BCUT2D eigenvalue weighted by molar-refractivity contribution is 0.319. The Hall–Kier alpha value is -2.50. The molecular weight excluding hydrogens is 330 g/mol. The van der Waals surface area contributed by atoms with Crippen molar-refractivity contribution in [2.24, 2.45) is 5.41 Å². The molecule has 0 bridgehead atoms. The minimum Gasteiger partial charge on any atom is -0.493 e. The number of ether oxygens (including phenoxy) is 1. The van der Waals surface area contributed by atoms with Crippen molar-refractivity contribution in [1.29, 1.82) is 0 Å². The second-order valence-corrected chi connectivity index (χ2v) is 7.85. The summed E-state index contributed by atoms with van der Waals surface area (Å²) < 4.78 is 5.93. The van der Waals surface area contributed by atoms with Gasteiger partial charge in [-0.3, -0.25) is 4.90 Å². The minimum absolute atomic E-state index is 0.0528. The zero-order chi connectivity index (χ0) is 19.5. The molecule has 2 aromatic rings. The van der Waals surface area contributed by atoms with Crippen LogP contribution in [0.1, 0.15) is 31.9 Å². The van der Waals surface area contributed by atoms with Gasteiger partial charge in [0.1, 0.15) is 5.75 Å². The van der Waals surface area contributed by atoms with Crippen molar-refractivity contribution in [3.63, 3.8) is 0 Å². The predicted octanol–water partition coefficient (Wildman–Crippen LogP) is 5.35. The molecule has 0 aliphatic heterocycles. The first-order valence-electron chi connectivity index (χ1n) is 9.54. The molecule has 0 aliphatic rings. The fourth-order valence-corrected chi connectivity index (χ4v) is 2.59. The third-order valence-corrected chi connectivity index (χ3v) is 3.92. The lowest BCUT2D eigenvalue weighted by Gasteiger charge is -2.15. The summed E-state index contributed by atoms with van der Waals surface area (Å²) in [5, 5.41) is 0. The summed E-state index contributed by atoms with van der Waals surface area (Å²) in [6.45, 7) is 8.81. The summed E-state index contributed by atoms with van der Waals surface area (Å²) >= 11 is 0. The van der Waals surface area contributed by atoms with Gasteiger partial charge in [0.05, 0.1) is 6.61 Å². The second-order valence-electron chi connectivity index (χ2n) is 7.85. The van der Waals surface area contributed by atoms with Crippen molar-refractivity contribution in [2.45, 2.75) is 33.7 Å². The molecule has 0 saturated heterocycles. The predicted molar refractivity (Wildman–Crippen MR) is 115 cm³/mol. The molecule has 2 aromatic carbocycles. The zero-order valence-corrected chi connectivity index (χ0v) is 17.0. The van der Waals surface area contributed by atoms with E-state index < -0.39 is 0 Å². The molecule has 0 spiro atoms. The highest BCUT2D eigenvalue weighted by Gasteiger charge is 2.03. The van der Waals surface area contributed by atoms with Crippen LogP contribution in [0.25, 0.3) is 0 Å². The van der Waals surface area contributed by atoms with E-state index in [2.05, 4.69) is 93.1 Å². The fourth-order valence-electron chi connectivity index (χ4n) is 2.59. The Morgan fingerprint density at radius 3 is 2.48 bits per heavy atom. The SMILES string of the molecule is CN(C/C=C\C#CC(C)(C)C)Cc1cccc(OCCc2ccccc2)c1. The van der Waals surface area contributed by atoms with Gasteiger partial charge in [0, 0.05) is 24.9 Å². The second kappa shape index (κ2) is 10.6. The number of hydrogen-bond acceptors (Lipinski definition) is 2. The van der Waals surface area contributed by atoms with E-state index in [1.54, 1.807) is 0 Å². The third kappa shape index (κ3) is 9.13. The van der Waals surface area contributed by atoms with Gasteiger partial charge in [-0.25, -0.2) is 0 Å². The lowest BCUT2D eigenvalue weighted by atomic mass is 9.98. The van der Waals surface area contributed by atoms with Crippen LogP contribution in [0.5, 0.6) is 5.75 Å². The van der Waals surface area contributed by atoms with Crippen LogP contribution in [-0.4, -0.2) is 25.1 Å². The quantitative estimate of drug-likeness (QED) is 0.588. The number of nitrogens with zero attached hydrogens (tertiary/aromatic N) is 1. The Bertz CT molecular complexity index is 775. The molecule has 27 heavy (non-hydrogen) atoms. The lowest BCUT2D eigenvalue weighted by Crippen LogP contribution is -2.17. The van der Waals surface area contributed by atoms with E-state index in [1.807, 2.05) is 18.2 Å². The summed E-state index contributed by atoms with van der Waals surface area (Å²) in [5.74, 6) is 7.26. The maximum Gasteiger partial charge on any atom is 0.119 e. The number of rotatable bonds is 8. The van der Waals surface area contributed by atoms with Gasteiger partial charge in [-0.05, 0) is 57.2 Å². The van der Waals surface area contributed by atoms with Crippen LogP contribution in [0.3, 0.4) is 0 Å². The van der Waals surface area contributed by atoms with Gasteiger partial charge in [0.2, 0.25) is 0 Å². The van der Waals surface area contributed by atoms with Gasteiger partial charge in [-0.15, -0.1) is 0 Å². The first-order valence-corrected chi connectivity index (χ1v) is 9.54. The highest BCUT2D eigenvalue weighted by Crippen LogP contribution is 2.15. The number of hydrogen-bond donors (Lipinski definition) is 0. The van der Waals surface area contributed by atoms with Gasteiger partial charge in [-0.1, -0.05) is 60.4 Å². The van der Waals surface area contributed by atoms with E-state index in [9.17, 15) is 0 Å². The van der Waals surface area contributed by atoms with Crippen LogP contribution < -0.4 is 4.74 Å². The molecule has 0 radical (unpaired) electrons. The fraction of sp³-hybridized carbons (Fsp3) is 0.360. The maximum atomic E-state index is 5.93. The van der Waals surface area contributed by atoms with Crippen molar-refractivity contribution in [2.75, 3.05) is 20.2 Å². The Kier molecular flexibility index (Phi) is 8.17. The highest BCUT2D eigenvalue weighted by atomic mass is 16.5. The molecule has 142 valence electrons. The molecule has 0 aliphatic carbocycles. The average Bonchev–Trinajstić information content (AvgIpc) is 2.62. The summed E-state index contributed by atoms with van der Waals surface area (Å²) in [6, 6.07) is 18.8. The van der Waals surface area contributed by atoms with Crippen molar-refractivity contribution < 1.29 is 4.74 Å². The average molecular weight is 362 g/mol. The molecule has 0 aromatic heterocycles. The van der Waals surface area contributed by atoms with Crippen LogP contribution in [0, 0.1) is 17.3 Å². The topological polar surface area (TPSA) is 12.5 Å². The van der Waals surface area contributed by atoms with Crippen LogP contribution in [0.15, 0.2) is 66.7 Å². The molecule has 0 N–H and O–H groups in total. The van der Waals surface area contributed by atoms with Gasteiger partial charge < -0.3 is 4.74 Å².